The molecule has 4 aromatic rings. The lowest BCUT2D eigenvalue weighted by atomic mass is 10.3. The van der Waals surface area contributed by atoms with Crippen molar-refractivity contribution >= 4 is 27.5 Å². The minimum absolute atomic E-state index is 0.219. The van der Waals surface area contributed by atoms with Crippen LogP contribution in [0.4, 0.5) is 0 Å². The van der Waals surface area contributed by atoms with Crippen LogP contribution in [0.3, 0.4) is 0 Å². The van der Waals surface area contributed by atoms with Crippen molar-refractivity contribution in [2.45, 2.75) is 13.2 Å². The first kappa shape index (κ1) is 17.3. The van der Waals surface area contributed by atoms with Crippen molar-refractivity contribution in [2.24, 2.45) is 0 Å². The lowest BCUT2D eigenvalue weighted by molar-refractivity contribution is 0.0918. The fourth-order valence-corrected chi connectivity index (χ4v) is 2.92. The summed E-state index contributed by atoms with van der Waals surface area (Å²) < 4.78 is 14.0. The van der Waals surface area contributed by atoms with Gasteiger partial charge in [-0.25, -0.2) is 0 Å². The number of nitrogens with zero attached hydrogens (tertiary/aromatic N) is 3. The molecule has 1 aromatic carbocycles. The summed E-state index contributed by atoms with van der Waals surface area (Å²) in [5.74, 6) is 1.82. The van der Waals surface area contributed by atoms with Crippen molar-refractivity contribution in [1.82, 2.24) is 19.9 Å². The molecule has 7 nitrogen and oxygen atoms in total. The van der Waals surface area contributed by atoms with Gasteiger partial charge in [0.1, 0.15) is 18.1 Å². The lowest BCUT2D eigenvalue weighted by Gasteiger charge is -2.04. The van der Waals surface area contributed by atoms with Crippen LogP contribution in [0.2, 0.25) is 0 Å². The summed E-state index contributed by atoms with van der Waals surface area (Å²) in [6.07, 6.45) is 1.85. The Kier molecular flexibility index (Phi) is 4.88. The molecule has 0 radical (unpaired) electrons. The first-order valence-corrected chi connectivity index (χ1v) is 9.02. The molecule has 1 amide bonds. The Labute approximate surface area is 163 Å². The van der Waals surface area contributed by atoms with Gasteiger partial charge in [-0.15, -0.1) is 10.2 Å². The van der Waals surface area contributed by atoms with Crippen LogP contribution < -0.4 is 10.1 Å². The molecule has 27 heavy (non-hydrogen) atoms. The summed E-state index contributed by atoms with van der Waals surface area (Å²) in [6.45, 7) is 0.479. The van der Waals surface area contributed by atoms with E-state index in [1.165, 1.54) is 0 Å². The highest BCUT2D eigenvalue weighted by atomic mass is 79.9. The van der Waals surface area contributed by atoms with Crippen LogP contribution >= 0.6 is 15.9 Å². The van der Waals surface area contributed by atoms with Crippen molar-refractivity contribution < 1.29 is 13.9 Å². The smallest absolute Gasteiger partial charge is 0.287 e. The average molecular weight is 427 g/mol. The number of pyridine rings is 1. The highest BCUT2D eigenvalue weighted by molar-refractivity contribution is 9.10. The second kappa shape index (κ2) is 7.63. The molecule has 0 aliphatic carbocycles. The van der Waals surface area contributed by atoms with Gasteiger partial charge in [-0.1, -0.05) is 28.1 Å². The quantitative estimate of drug-likeness (QED) is 0.509. The summed E-state index contributed by atoms with van der Waals surface area (Å²) in [4.78, 5) is 12.3. The largest absolute Gasteiger partial charge is 0.486 e. The predicted octanol–water partition coefficient (Wildman–Crippen LogP) is 3.59. The van der Waals surface area contributed by atoms with Gasteiger partial charge in [-0.05, 0) is 42.5 Å². The fourth-order valence-electron chi connectivity index (χ4n) is 2.55. The number of rotatable bonds is 6. The van der Waals surface area contributed by atoms with Crippen molar-refractivity contribution in [3.05, 3.63) is 82.6 Å². The molecule has 136 valence electrons. The third kappa shape index (κ3) is 4.01. The van der Waals surface area contributed by atoms with Gasteiger partial charge in [0.25, 0.3) is 5.91 Å². The van der Waals surface area contributed by atoms with Gasteiger partial charge in [0.15, 0.2) is 17.2 Å². The number of ether oxygens (including phenoxy) is 1. The Hall–Kier alpha value is -3.13. The molecule has 8 heteroatoms. The molecule has 0 saturated heterocycles. The van der Waals surface area contributed by atoms with Crippen molar-refractivity contribution in [2.75, 3.05) is 0 Å². The first-order valence-electron chi connectivity index (χ1n) is 8.23. The minimum atomic E-state index is -0.323. The molecule has 0 fully saturated rings. The molecular formula is C19H15BrN4O3. The number of aromatic nitrogens is 3. The van der Waals surface area contributed by atoms with Crippen LogP contribution in [0.5, 0.6) is 5.75 Å². The van der Waals surface area contributed by atoms with Crippen LogP contribution in [0.15, 0.2) is 69.7 Å². The van der Waals surface area contributed by atoms with E-state index in [0.717, 1.165) is 10.1 Å². The standard InChI is InChI=1S/C19H15BrN4O3/c20-13-4-3-5-14(10-13)26-12-15-7-8-16(27-15)19(25)21-11-18-23-22-17-6-1-2-9-24(17)18/h1-10H,11-12H2,(H,21,25). The molecule has 0 saturated carbocycles. The summed E-state index contributed by atoms with van der Waals surface area (Å²) in [7, 11) is 0. The van der Waals surface area contributed by atoms with E-state index in [-0.39, 0.29) is 24.8 Å². The molecule has 0 aliphatic heterocycles. The van der Waals surface area contributed by atoms with E-state index in [9.17, 15) is 4.79 Å². The summed E-state index contributed by atoms with van der Waals surface area (Å²) >= 11 is 3.39. The molecular weight excluding hydrogens is 412 g/mol. The molecule has 0 unspecified atom stereocenters. The summed E-state index contributed by atoms with van der Waals surface area (Å²) in [5, 5.41) is 10.9. The summed E-state index contributed by atoms with van der Waals surface area (Å²) in [6, 6.07) is 16.5. The van der Waals surface area contributed by atoms with Gasteiger partial charge in [0.05, 0.1) is 6.54 Å². The Bertz CT molecular complexity index is 1090. The number of fused-ring (bicyclic) bond motifs is 1. The van der Waals surface area contributed by atoms with Gasteiger partial charge < -0.3 is 14.5 Å². The SMILES string of the molecule is O=C(NCc1nnc2ccccn12)c1ccc(COc2cccc(Br)c2)o1. The molecule has 0 bridgehead atoms. The Morgan fingerprint density at radius 1 is 1.15 bits per heavy atom. The van der Waals surface area contributed by atoms with Crippen molar-refractivity contribution in [1.29, 1.82) is 0 Å². The van der Waals surface area contributed by atoms with Crippen LogP contribution in [-0.2, 0) is 13.2 Å². The van der Waals surface area contributed by atoms with E-state index in [4.69, 9.17) is 9.15 Å². The monoisotopic (exact) mass is 426 g/mol. The molecule has 3 aromatic heterocycles. The normalized spacial score (nSPS) is 10.9. The van der Waals surface area contributed by atoms with Gasteiger partial charge >= 0.3 is 0 Å². The number of hydrogen-bond acceptors (Lipinski definition) is 5. The van der Waals surface area contributed by atoms with E-state index < -0.39 is 0 Å². The number of nitrogens with one attached hydrogen (secondary N) is 1. The number of carbonyl (C=O) groups is 1. The highest BCUT2D eigenvalue weighted by Crippen LogP contribution is 2.19. The van der Waals surface area contributed by atoms with Gasteiger partial charge in [-0.3, -0.25) is 9.20 Å². The zero-order valence-corrected chi connectivity index (χ0v) is 15.7. The van der Waals surface area contributed by atoms with E-state index in [0.29, 0.717) is 17.3 Å². The second-order valence-electron chi connectivity index (χ2n) is 5.74. The topological polar surface area (TPSA) is 81.7 Å². The third-order valence-electron chi connectivity index (χ3n) is 3.85. The van der Waals surface area contributed by atoms with Crippen LogP contribution in [0, 0.1) is 0 Å². The van der Waals surface area contributed by atoms with Crippen LogP contribution in [-0.4, -0.2) is 20.5 Å². The lowest BCUT2D eigenvalue weighted by Crippen LogP contribution is -2.23. The maximum Gasteiger partial charge on any atom is 0.287 e. The zero-order chi connectivity index (χ0) is 18.6. The Morgan fingerprint density at radius 3 is 2.96 bits per heavy atom. The second-order valence-corrected chi connectivity index (χ2v) is 6.66. The van der Waals surface area contributed by atoms with Gasteiger partial charge in [-0.2, -0.15) is 0 Å². The van der Waals surface area contributed by atoms with Crippen molar-refractivity contribution in [3.63, 3.8) is 0 Å². The maximum atomic E-state index is 12.3. The first-order chi connectivity index (χ1) is 13.2. The van der Waals surface area contributed by atoms with Gasteiger partial charge in [0, 0.05) is 10.7 Å². The van der Waals surface area contributed by atoms with E-state index in [2.05, 4.69) is 31.4 Å². The van der Waals surface area contributed by atoms with E-state index >= 15 is 0 Å². The fraction of sp³-hybridized carbons (Fsp3) is 0.105. The number of benzene rings is 1. The number of furan rings is 1. The number of amides is 1. The van der Waals surface area contributed by atoms with Crippen LogP contribution in [0.1, 0.15) is 22.1 Å². The van der Waals surface area contributed by atoms with Crippen molar-refractivity contribution in [3.8, 4) is 5.75 Å². The molecule has 3 heterocycles. The molecule has 4 rings (SSSR count). The molecule has 0 atom stereocenters. The number of hydrogen-bond donors (Lipinski definition) is 1. The molecule has 1 N–H and O–H groups in total. The van der Waals surface area contributed by atoms with E-state index in [1.807, 2.05) is 53.1 Å². The minimum Gasteiger partial charge on any atom is -0.486 e. The Balaban J connectivity index is 1.35. The predicted molar refractivity (Wildman–Crippen MR) is 101 cm³/mol. The van der Waals surface area contributed by atoms with Gasteiger partial charge in [0.2, 0.25) is 0 Å². The Morgan fingerprint density at radius 2 is 2.07 bits per heavy atom. The van der Waals surface area contributed by atoms with E-state index in [1.54, 1.807) is 12.1 Å². The number of halogens is 1. The maximum absolute atomic E-state index is 12.3. The van der Waals surface area contributed by atoms with Crippen LogP contribution in [0.25, 0.3) is 5.65 Å². The number of carbonyl (C=O) groups excluding carboxylic acids is 1. The molecule has 0 aliphatic rings. The zero-order valence-electron chi connectivity index (χ0n) is 14.1. The third-order valence-corrected chi connectivity index (χ3v) is 4.35. The summed E-state index contributed by atoms with van der Waals surface area (Å²) in [5.41, 5.74) is 0.728. The highest BCUT2D eigenvalue weighted by Gasteiger charge is 2.13. The molecule has 0 spiro atoms. The average Bonchev–Trinajstić information content (AvgIpc) is 3.32.